The lowest BCUT2D eigenvalue weighted by Gasteiger charge is -2.25. The highest BCUT2D eigenvalue weighted by Crippen LogP contribution is 2.37. The monoisotopic (exact) mass is 267 g/mol. The number of hydrogen-bond acceptors (Lipinski definition) is 2. The molecule has 0 heterocycles. The molecule has 0 bridgehead atoms. The van der Waals surface area contributed by atoms with E-state index in [2.05, 4.69) is 24.3 Å². The average molecular weight is 267 g/mol. The lowest BCUT2D eigenvalue weighted by molar-refractivity contribution is 0.279. The molecular formula is C18H21NO. The highest BCUT2D eigenvalue weighted by molar-refractivity contribution is 5.38. The molecule has 0 aromatic heterocycles. The molecule has 2 aromatic rings. The standard InChI is InChI=1S/C18H21NO/c19-18(13-11-15-7-4-5-10-17(15)18)12-6-14-20-16-8-2-1-3-9-16/h1-5,7-10H,6,11-14,19H2. The molecule has 0 saturated carbocycles. The van der Waals surface area contributed by atoms with Crippen LogP contribution in [0.1, 0.15) is 30.4 Å². The van der Waals surface area contributed by atoms with Crippen LogP contribution in [0.3, 0.4) is 0 Å². The van der Waals surface area contributed by atoms with Gasteiger partial charge in [-0.3, -0.25) is 0 Å². The zero-order valence-electron chi connectivity index (χ0n) is 11.7. The lowest BCUT2D eigenvalue weighted by Crippen LogP contribution is -2.34. The van der Waals surface area contributed by atoms with Crippen LogP contribution in [0, 0.1) is 0 Å². The predicted octanol–water partition coefficient (Wildman–Crippen LogP) is 3.65. The maximum Gasteiger partial charge on any atom is 0.119 e. The van der Waals surface area contributed by atoms with E-state index in [1.165, 1.54) is 11.1 Å². The minimum Gasteiger partial charge on any atom is -0.494 e. The van der Waals surface area contributed by atoms with Crippen LogP contribution in [0.2, 0.25) is 0 Å². The van der Waals surface area contributed by atoms with Crippen molar-refractivity contribution in [1.82, 2.24) is 0 Å². The van der Waals surface area contributed by atoms with Gasteiger partial charge in [-0.05, 0) is 48.9 Å². The van der Waals surface area contributed by atoms with Crippen molar-refractivity contribution in [2.45, 2.75) is 31.2 Å². The third kappa shape index (κ3) is 2.70. The van der Waals surface area contributed by atoms with E-state index in [9.17, 15) is 0 Å². The van der Waals surface area contributed by atoms with Crippen LogP contribution >= 0.6 is 0 Å². The summed E-state index contributed by atoms with van der Waals surface area (Å²) in [7, 11) is 0. The minimum absolute atomic E-state index is 0.156. The summed E-state index contributed by atoms with van der Waals surface area (Å²) in [6, 6.07) is 18.5. The fraction of sp³-hybridized carbons (Fsp3) is 0.333. The first-order valence-corrected chi connectivity index (χ1v) is 7.33. The van der Waals surface area contributed by atoms with Gasteiger partial charge in [0, 0.05) is 5.54 Å². The zero-order valence-corrected chi connectivity index (χ0v) is 11.7. The number of hydrogen-bond donors (Lipinski definition) is 1. The molecule has 0 radical (unpaired) electrons. The number of aryl methyl sites for hydroxylation is 1. The third-order valence-corrected chi connectivity index (χ3v) is 4.17. The molecule has 2 aromatic carbocycles. The smallest absolute Gasteiger partial charge is 0.119 e. The van der Waals surface area contributed by atoms with Crippen molar-refractivity contribution >= 4 is 0 Å². The largest absolute Gasteiger partial charge is 0.494 e. The molecular weight excluding hydrogens is 246 g/mol. The van der Waals surface area contributed by atoms with Crippen LogP contribution in [-0.4, -0.2) is 6.61 Å². The lowest BCUT2D eigenvalue weighted by atomic mass is 9.88. The summed E-state index contributed by atoms with van der Waals surface area (Å²) in [6.07, 6.45) is 4.13. The zero-order chi connectivity index (χ0) is 13.8. The molecule has 3 rings (SSSR count). The summed E-state index contributed by atoms with van der Waals surface area (Å²) in [5, 5.41) is 0. The van der Waals surface area contributed by atoms with E-state index in [0.29, 0.717) is 0 Å². The molecule has 1 aliphatic rings. The van der Waals surface area contributed by atoms with Crippen LogP contribution in [-0.2, 0) is 12.0 Å². The SMILES string of the molecule is NC1(CCCOc2ccccc2)CCc2ccccc21. The molecule has 0 aliphatic heterocycles. The van der Waals surface area contributed by atoms with E-state index in [1.54, 1.807) is 0 Å². The van der Waals surface area contributed by atoms with Crippen molar-refractivity contribution in [2.24, 2.45) is 5.73 Å². The second-order valence-corrected chi connectivity index (χ2v) is 5.58. The molecule has 104 valence electrons. The van der Waals surface area contributed by atoms with Crippen LogP contribution in [0.15, 0.2) is 54.6 Å². The number of para-hydroxylation sites is 1. The van der Waals surface area contributed by atoms with E-state index < -0.39 is 0 Å². The Morgan fingerprint density at radius 2 is 1.75 bits per heavy atom. The Morgan fingerprint density at radius 3 is 2.60 bits per heavy atom. The summed E-state index contributed by atoms with van der Waals surface area (Å²) in [5.41, 5.74) is 9.19. The van der Waals surface area contributed by atoms with Crippen molar-refractivity contribution in [1.29, 1.82) is 0 Å². The number of nitrogens with two attached hydrogens (primary N) is 1. The Labute approximate surface area is 120 Å². The molecule has 20 heavy (non-hydrogen) atoms. The van der Waals surface area contributed by atoms with E-state index in [-0.39, 0.29) is 5.54 Å². The van der Waals surface area contributed by atoms with Gasteiger partial charge in [-0.2, -0.15) is 0 Å². The van der Waals surface area contributed by atoms with Gasteiger partial charge in [0.2, 0.25) is 0 Å². The molecule has 1 aliphatic carbocycles. The number of fused-ring (bicyclic) bond motifs is 1. The predicted molar refractivity (Wildman–Crippen MR) is 81.8 cm³/mol. The average Bonchev–Trinajstić information content (AvgIpc) is 2.83. The van der Waals surface area contributed by atoms with Crippen molar-refractivity contribution in [3.8, 4) is 5.75 Å². The van der Waals surface area contributed by atoms with Gasteiger partial charge in [0.25, 0.3) is 0 Å². The molecule has 2 nitrogen and oxygen atoms in total. The molecule has 0 fully saturated rings. The van der Waals surface area contributed by atoms with Crippen molar-refractivity contribution in [3.05, 3.63) is 65.7 Å². The number of rotatable bonds is 5. The third-order valence-electron chi connectivity index (χ3n) is 4.17. The quantitative estimate of drug-likeness (QED) is 0.839. The van der Waals surface area contributed by atoms with Gasteiger partial charge in [0.1, 0.15) is 5.75 Å². The van der Waals surface area contributed by atoms with Crippen molar-refractivity contribution in [2.75, 3.05) is 6.61 Å². The highest BCUT2D eigenvalue weighted by Gasteiger charge is 2.33. The fourth-order valence-electron chi connectivity index (χ4n) is 3.07. The van der Waals surface area contributed by atoms with E-state index >= 15 is 0 Å². The molecule has 2 heteroatoms. The van der Waals surface area contributed by atoms with Crippen LogP contribution in [0.5, 0.6) is 5.75 Å². The van der Waals surface area contributed by atoms with Gasteiger partial charge >= 0.3 is 0 Å². The normalized spacial score (nSPS) is 20.6. The number of ether oxygens (including phenoxy) is 1. The summed E-state index contributed by atoms with van der Waals surface area (Å²) < 4.78 is 5.74. The Bertz CT molecular complexity index is 567. The van der Waals surface area contributed by atoms with Gasteiger partial charge in [0.15, 0.2) is 0 Å². The maximum atomic E-state index is 6.59. The molecule has 0 saturated heterocycles. The fourth-order valence-corrected chi connectivity index (χ4v) is 3.07. The van der Waals surface area contributed by atoms with Gasteiger partial charge in [-0.15, -0.1) is 0 Å². The molecule has 0 spiro atoms. The summed E-state index contributed by atoms with van der Waals surface area (Å²) in [6.45, 7) is 0.727. The van der Waals surface area contributed by atoms with E-state index in [1.807, 2.05) is 30.3 Å². The van der Waals surface area contributed by atoms with Gasteiger partial charge < -0.3 is 10.5 Å². The Balaban J connectivity index is 1.54. The Hall–Kier alpha value is -1.80. The Kier molecular flexibility index (Phi) is 3.75. The first-order valence-electron chi connectivity index (χ1n) is 7.33. The van der Waals surface area contributed by atoms with E-state index in [0.717, 1.165) is 38.0 Å². The van der Waals surface area contributed by atoms with E-state index in [4.69, 9.17) is 10.5 Å². The molecule has 0 amide bonds. The maximum absolute atomic E-state index is 6.59. The first-order chi connectivity index (χ1) is 9.78. The van der Waals surface area contributed by atoms with Gasteiger partial charge in [-0.25, -0.2) is 0 Å². The van der Waals surface area contributed by atoms with Crippen LogP contribution in [0.4, 0.5) is 0 Å². The second-order valence-electron chi connectivity index (χ2n) is 5.58. The van der Waals surface area contributed by atoms with Gasteiger partial charge in [-0.1, -0.05) is 42.5 Å². The summed E-state index contributed by atoms with van der Waals surface area (Å²) >= 11 is 0. The molecule has 2 N–H and O–H groups in total. The topological polar surface area (TPSA) is 35.2 Å². The highest BCUT2D eigenvalue weighted by atomic mass is 16.5. The second kappa shape index (κ2) is 5.68. The molecule has 1 atom stereocenters. The Morgan fingerprint density at radius 1 is 1.00 bits per heavy atom. The molecule has 1 unspecified atom stereocenters. The summed E-state index contributed by atoms with van der Waals surface area (Å²) in [5.74, 6) is 0.936. The van der Waals surface area contributed by atoms with Gasteiger partial charge in [0.05, 0.1) is 6.61 Å². The van der Waals surface area contributed by atoms with Crippen LogP contribution in [0.25, 0.3) is 0 Å². The first kappa shape index (κ1) is 13.2. The van der Waals surface area contributed by atoms with Crippen molar-refractivity contribution in [3.63, 3.8) is 0 Å². The van der Waals surface area contributed by atoms with Crippen LogP contribution < -0.4 is 10.5 Å². The summed E-state index contributed by atoms with van der Waals surface area (Å²) in [4.78, 5) is 0. The number of benzene rings is 2. The van der Waals surface area contributed by atoms with Crippen molar-refractivity contribution < 1.29 is 4.74 Å². The minimum atomic E-state index is -0.156.